The van der Waals surface area contributed by atoms with Crippen molar-refractivity contribution in [3.05, 3.63) is 34.8 Å². The van der Waals surface area contributed by atoms with Crippen LogP contribution in [0.25, 0.3) is 10.9 Å². The van der Waals surface area contributed by atoms with Gasteiger partial charge in [-0.2, -0.15) is 0 Å². The van der Waals surface area contributed by atoms with Crippen LogP contribution in [0.1, 0.15) is 37.1 Å². The molecule has 0 aliphatic heterocycles. The maximum absolute atomic E-state index is 13.9. The lowest BCUT2D eigenvalue weighted by atomic mass is 9.91. The summed E-state index contributed by atoms with van der Waals surface area (Å²) in [6.45, 7) is 2.79. The molecule has 0 fully saturated rings. The third-order valence-electron chi connectivity index (χ3n) is 3.78. The Hall–Kier alpha value is -1.49. The van der Waals surface area contributed by atoms with Crippen LogP contribution >= 0.6 is 0 Å². The summed E-state index contributed by atoms with van der Waals surface area (Å²) in [6, 6.07) is 1.14. The zero-order valence-corrected chi connectivity index (χ0v) is 10.6. The van der Waals surface area contributed by atoms with Crippen molar-refractivity contribution in [2.75, 3.05) is 6.54 Å². The van der Waals surface area contributed by atoms with Crippen molar-refractivity contribution in [2.45, 2.75) is 32.2 Å². The van der Waals surface area contributed by atoms with Crippen molar-refractivity contribution in [1.82, 2.24) is 10.3 Å². The third-order valence-corrected chi connectivity index (χ3v) is 3.78. The van der Waals surface area contributed by atoms with Gasteiger partial charge in [-0.1, -0.05) is 6.92 Å². The number of aryl methyl sites for hydroxylation is 1. The van der Waals surface area contributed by atoms with Crippen LogP contribution in [0.15, 0.2) is 6.07 Å². The Morgan fingerprint density at radius 2 is 2.11 bits per heavy atom. The summed E-state index contributed by atoms with van der Waals surface area (Å²) in [5.41, 5.74) is 1.99. The zero-order valence-electron chi connectivity index (χ0n) is 10.6. The van der Waals surface area contributed by atoms with E-state index in [4.69, 9.17) is 0 Å². The average Bonchev–Trinajstić information content (AvgIpc) is 2.76. The molecule has 0 spiro atoms. The van der Waals surface area contributed by atoms with Gasteiger partial charge in [0.2, 0.25) is 0 Å². The second-order valence-corrected chi connectivity index (χ2v) is 4.93. The van der Waals surface area contributed by atoms with E-state index in [0.29, 0.717) is 11.9 Å². The molecule has 1 aromatic heterocycles. The number of benzene rings is 1. The monoisotopic (exact) mass is 268 g/mol. The summed E-state index contributed by atoms with van der Waals surface area (Å²) in [5, 5.41) is 3.51. The molecule has 1 unspecified atom stereocenters. The van der Waals surface area contributed by atoms with E-state index in [1.807, 2.05) is 6.92 Å². The quantitative estimate of drug-likeness (QED) is 0.801. The Balaban J connectivity index is 2.25. The normalized spacial score (nSPS) is 18.8. The summed E-state index contributed by atoms with van der Waals surface area (Å²) in [4.78, 5) is 3.05. The maximum atomic E-state index is 13.9. The van der Waals surface area contributed by atoms with Crippen LogP contribution in [-0.4, -0.2) is 11.5 Å². The lowest BCUT2D eigenvalue weighted by molar-refractivity contribution is 0.452. The molecule has 0 saturated carbocycles. The number of halogens is 3. The SMILES string of the molecule is CCNC1CCCc2c1[nH]c1cc(F)c(F)c(F)c21. The molecule has 0 saturated heterocycles. The Bertz CT molecular complexity index is 633. The van der Waals surface area contributed by atoms with E-state index in [1.165, 1.54) is 0 Å². The van der Waals surface area contributed by atoms with Gasteiger partial charge in [0, 0.05) is 23.2 Å². The number of hydrogen-bond acceptors (Lipinski definition) is 1. The number of rotatable bonds is 2. The van der Waals surface area contributed by atoms with Crippen molar-refractivity contribution in [3.8, 4) is 0 Å². The van der Waals surface area contributed by atoms with Crippen LogP contribution in [0, 0.1) is 17.5 Å². The molecule has 3 rings (SSSR count). The highest BCUT2D eigenvalue weighted by atomic mass is 19.2. The molecule has 0 radical (unpaired) electrons. The minimum absolute atomic E-state index is 0.103. The Kier molecular flexibility index (Phi) is 3.01. The zero-order chi connectivity index (χ0) is 13.6. The van der Waals surface area contributed by atoms with Crippen LogP contribution in [0.5, 0.6) is 0 Å². The molecule has 102 valence electrons. The molecular formula is C14H15F3N2. The molecule has 0 amide bonds. The van der Waals surface area contributed by atoms with E-state index >= 15 is 0 Å². The van der Waals surface area contributed by atoms with E-state index in [1.54, 1.807) is 0 Å². The van der Waals surface area contributed by atoms with E-state index in [-0.39, 0.29) is 11.4 Å². The van der Waals surface area contributed by atoms with Gasteiger partial charge in [0.25, 0.3) is 0 Å². The van der Waals surface area contributed by atoms with Crippen LogP contribution < -0.4 is 5.32 Å². The van der Waals surface area contributed by atoms with Gasteiger partial charge in [0.1, 0.15) is 0 Å². The first-order valence-electron chi connectivity index (χ1n) is 6.54. The van der Waals surface area contributed by atoms with Gasteiger partial charge < -0.3 is 10.3 Å². The minimum Gasteiger partial charge on any atom is -0.357 e. The van der Waals surface area contributed by atoms with Gasteiger partial charge in [0.05, 0.1) is 5.52 Å². The Morgan fingerprint density at radius 1 is 1.32 bits per heavy atom. The molecule has 2 aromatic rings. The third kappa shape index (κ3) is 1.84. The minimum atomic E-state index is -1.39. The molecule has 1 aliphatic rings. The standard InChI is InChI=1S/C14H15F3N2/c1-2-18-9-5-3-4-7-11-10(19-14(7)9)6-8(15)12(16)13(11)17/h6,9,18-19H,2-5H2,1H3. The highest BCUT2D eigenvalue weighted by Crippen LogP contribution is 2.36. The van der Waals surface area contributed by atoms with Gasteiger partial charge in [-0.15, -0.1) is 0 Å². The predicted octanol–water partition coefficient (Wildman–Crippen LogP) is 3.57. The number of aromatic nitrogens is 1. The molecule has 2 N–H and O–H groups in total. The number of hydrogen-bond donors (Lipinski definition) is 2. The second kappa shape index (κ2) is 4.56. The molecule has 19 heavy (non-hydrogen) atoms. The molecule has 1 heterocycles. The fourth-order valence-corrected chi connectivity index (χ4v) is 2.98. The Morgan fingerprint density at radius 3 is 2.84 bits per heavy atom. The van der Waals surface area contributed by atoms with Gasteiger partial charge in [-0.05, 0) is 31.4 Å². The molecule has 1 aliphatic carbocycles. The lowest BCUT2D eigenvalue weighted by Crippen LogP contribution is -2.24. The van der Waals surface area contributed by atoms with Crippen molar-refractivity contribution >= 4 is 10.9 Å². The van der Waals surface area contributed by atoms with Crippen LogP contribution in [-0.2, 0) is 6.42 Å². The summed E-state index contributed by atoms with van der Waals surface area (Å²) in [6.07, 6.45) is 2.55. The van der Waals surface area contributed by atoms with Crippen LogP contribution in [0.4, 0.5) is 13.2 Å². The molecular weight excluding hydrogens is 253 g/mol. The molecule has 5 heteroatoms. The molecule has 1 aromatic carbocycles. The highest BCUT2D eigenvalue weighted by Gasteiger charge is 2.27. The summed E-state index contributed by atoms with van der Waals surface area (Å²) in [5.74, 6) is -3.62. The van der Waals surface area contributed by atoms with Crippen molar-refractivity contribution in [2.24, 2.45) is 0 Å². The number of fused-ring (bicyclic) bond motifs is 3. The highest BCUT2D eigenvalue weighted by molar-refractivity contribution is 5.86. The van der Waals surface area contributed by atoms with Crippen LogP contribution in [0.2, 0.25) is 0 Å². The van der Waals surface area contributed by atoms with E-state index in [9.17, 15) is 13.2 Å². The molecule has 1 atom stereocenters. The largest absolute Gasteiger partial charge is 0.357 e. The van der Waals surface area contributed by atoms with Gasteiger partial charge in [-0.25, -0.2) is 13.2 Å². The number of H-pyrrole nitrogens is 1. The van der Waals surface area contributed by atoms with E-state index in [0.717, 1.165) is 36.7 Å². The van der Waals surface area contributed by atoms with E-state index in [2.05, 4.69) is 10.3 Å². The fourth-order valence-electron chi connectivity index (χ4n) is 2.98. The molecule has 0 bridgehead atoms. The topological polar surface area (TPSA) is 27.8 Å². The fraction of sp³-hybridized carbons (Fsp3) is 0.429. The first-order valence-corrected chi connectivity index (χ1v) is 6.54. The first-order chi connectivity index (χ1) is 9.13. The van der Waals surface area contributed by atoms with Gasteiger partial charge in [-0.3, -0.25) is 0 Å². The van der Waals surface area contributed by atoms with Crippen molar-refractivity contribution in [1.29, 1.82) is 0 Å². The maximum Gasteiger partial charge on any atom is 0.195 e. The predicted molar refractivity (Wildman–Crippen MR) is 67.5 cm³/mol. The number of nitrogens with one attached hydrogen (secondary N) is 2. The number of aromatic amines is 1. The van der Waals surface area contributed by atoms with Crippen molar-refractivity contribution < 1.29 is 13.2 Å². The average molecular weight is 268 g/mol. The molecule has 2 nitrogen and oxygen atoms in total. The summed E-state index contributed by atoms with van der Waals surface area (Å²) in [7, 11) is 0. The van der Waals surface area contributed by atoms with E-state index < -0.39 is 17.5 Å². The van der Waals surface area contributed by atoms with Gasteiger partial charge >= 0.3 is 0 Å². The van der Waals surface area contributed by atoms with Crippen LogP contribution in [0.3, 0.4) is 0 Å². The van der Waals surface area contributed by atoms with Crippen molar-refractivity contribution in [3.63, 3.8) is 0 Å². The second-order valence-electron chi connectivity index (χ2n) is 4.93. The first kappa shape index (κ1) is 12.5. The smallest absolute Gasteiger partial charge is 0.195 e. The summed E-state index contributed by atoms with van der Waals surface area (Å²) < 4.78 is 40.6. The Labute approximate surface area is 109 Å². The summed E-state index contributed by atoms with van der Waals surface area (Å²) >= 11 is 0. The lowest BCUT2D eigenvalue weighted by Gasteiger charge is -2.23. The van der Waals surface area contributed by atoms with Gasteiger partial charge in [0.15, 0.2) is 17.5 Å².